The first kappa shape index (κ1) is 19.2. The molecule has 3 aromatic rings. The van der Waals surface area contributed by atoms with Gasteiger partial charge in [-0.3, -0.25) is 9.69 Å². The number of benzene rings is 2. The van der Waals surface area contributed by atoms with Crippen LogP contribution in [0.2, 0.25) is 5.02 Å². The average molecular weight is 422 g/mol. The lowest BCUT2D eigenvalue weighted by atomic mass is 10.2. The summed E-state index contributed by atoms with van der Waals surface area (Å²) in [5, 5.41) is 10.2. The molecule has 6 nitrogen and oxygen atoms in total. The van der Waals surface area contributed by atoms with Crippen LogP contribution in [0.4, 0.5) is 17.3 Å². The Bertz CT molecular complexity index is 1140. The fraction of sp³-hybridized carbons (Fsp3) is 0.143. The number of carbonyl (C=O) groups excluding carboxylic acids is 1. The lowest BCUT2D eigenvalue weighted by Gasteiger charge is -2.32. The van der Waals surface area contributed by atoms with E-state index in [1.807, 2.05) is 56.4 Å². The SMILES string of the molecule is Cc1cc(C)nc(N(C#N)CC(=O)N2c3ccccc3Sc3ccc(Cl)cc32)n1. The number of rotatable bonds is 3. The molecule has 0 saturated heterocycles. The lowest BCUT2D eigenvalue weighted by Crippen LogP contribution is -2.38. The molecule has 1 aliphatic heterocycles. The maximum absolute atomic E-state index is 13.4. The number of nitrogens with zero attached hydrogens (tertiary/aromatic N) is 5. The normalized spacial score (nSPS) is 12.0. The standard InChI is InChI=1S/C21H16ClN5OS/c1-13-9-14(2)25-21(24-13)26(12-23)11-20(28)27-16-5-3-4-6-18(16)29-19-8-7-15(22)10-17(19)27/h3-10H,11H2,1-2H3. The Morgan fingerprint density at radius 1 is 1.10 bits per heavy atom. The van der Waals surface area contributed by atoms with Crippen molar-refractivity contribution in [2.24, 2.45) is 0 Å². The van der Waals surface area contributed by atoms with Crippen molar-refractivity contribution in [2.75, 3.05) is 16.3 Å². The molecule has 1 aliphatic rings. The fourth-order valence-electron chi connectivity index (χ4n) is 3.18. The Kier molecular flexibility index (Phi) is 5.14. The first-order valence-corrected chi connectivity index (χ1v) is 10.0. The lowest BCUT2D eigenvalue weighted by molar-refractivity contribution is -0.116. The molecule has 0 atom stereocenters. The van der Waals surface area contributed by atoms with Gasteiger partial charge in [0.25, 0.3) is 5.91 Å². The average Bonchev–Trinajstić information content (AvgIpc) is 2.69. The molecule has 0 fully saturated rings. The zero-order valence-electron chi connectivity index (χ0n) is 15.8. The molecule has 0 saturated carbocycles. The van der Waals surface area contributed by atoms with Crippen LogP contribution in [0.1, 0.15) is 11.4 Å². The van der Waals surface area contributed by atoms with E-state index in [4.69, 9.17) is 11.6 Å². The minimum Gasteiger partial charge on any atom is -0.277 e. The van der Waals surface area contributed by atoms with E-state index in [0.29, 0.717) is 10.7 Å². The smallest absolute Gasteiger partial charge is 0.252 e. The minimum absolute atomic E-state index is 0.190. The van der Waals surface area contributed by atoms with E-state index in [-0.39, 0.29) is 18.4 Å². The van der Waals surface area contributed by atoms with E-state index in [9.17, 15) is 10.1 Å². The predicted octanol–water partition coefficient (Wildman–Crippen LogP) is 4.86. The summed E-state index contributed by atoms with van der Waals surface area (Å²) in [6.07, 6.45) is 2.03. The first-order chi connectivity index (χ1) is 14.0. The van der Waals surface area contributed by atoms with E-state index in [1.54, 1.807) is 28.8 Å². The number of halogens is 1. The van der Waals surface area contributed by atoms with Crippen molar-refractivity contribution in [3.8, 4) is 6.19 Å². The summed E-state index contributed by atoms with van der Waals surface area (Å²) in [6, 6.07) is 14.9. The van der Waals surface area contributed by atoms with E-state index in [1.165, 1.54) is 4.90 Å². The molecule has 0 aliphatic carbocycles. The van der Waals surface area contributed by atoms with Gasteiger partial charge in [0.2, 0.25) is 5.95 Å². The van der Waals surface area contributed by atoms with Crippen molar-refractivity contribution >= 4 is 46.6 Å². The molecule has 0 radical (unpaired) electrons. The molecule has 144 valence electrons. The number of aromatic nitrogens is 2. The largest absolute Gasteiger partial charge is 0.277 e. The van der Waals surface area contributed by atoms with Crippen LogP contribution >= 0.6 is 23.4 Å². The molecule has 0 spiro atoms. The monoisotopic (exact) mass is 421 g/mol. The topological polar surface area (TPSA) is 73.1 Å². The van der Waals surface area contributed by atoms with Crippen LogP contribution in [0.15, 0.2) is 58.3 Å². The summed E-state index contributed by atoms with van der Waals surface area (Å²) in [5.41, 5.74) is 2.93. The Morgan fingerprint density at radius 2 is 1.79 bits per heavy atom. The number of para-hydroxylation sites is 1. The van der Waals surface area contributed by atoms with Gasteiger partial charge < -0.3 is 0 Å². The zero-order valence-corrected chi connectivity index (χ0v) is 17.3. The van der Waals surface area contributed by atoms with Gasteiger partial charge >= 0.3 is 0 Å². The first-order valence-electron chi connectivity index (χ1n) is 8.85. The van der Waals surface area contributed by atoms with Gasteiger partial charge in [0.1, 0.15) is 6.54 Å². The molecule has 2 aromatic carbocycles. The summed E-state index contributed by atoms with van der Waals surface area (Å²) in [4.78, 5) is 26.7. The van der Waals surface area contributed by atoms with Gasteiger partial charge in [0.05, 0.1) is 11.4 Å². The molecule has 1 aromatic heterocycles. The summed E-state index contributed by atoms with van der Waals surface area (Å²) in [5.74, 6) is -0.0603. The summed E-state index contributed by atoms with van der Waals surface area (Å²) in [6.45, 7) is 3.46. The highest BCUT2D eigenvalue weighted by Gasteiger charge is 2.30. The van der Waals surface area contributed by atoms with Crippen LogP contribution < -0.4 is 9.80 Å². The van der Waals surface area contributed by atoms with Gasteiger partial charge in [0, 0.05) is 26.2 Å². The van der Waals surface area contributed by atoms with Crippen molar-refractivity contribution in [1.29, 1.82) is 5.26 Å². The van der Waals surface area contributed by atoms with Crippen LogP contribution in [-0.4, -0.2) is 22.4 Å². The predicted molar refractivity (Wildman–Crippen MR) is 114 cm³/mol. The van der Waals surface area contributed by atoms with Crippen LogP contribution in [0.5, 0.6) is 0 Å². The van der Waals surface area contributed by atoms with Crippen LogP contribution in [0.3, 0.4) is 0 Å². The number of hydrogen-bond donors (Lipinski definition) is 0. The zero-order chi connectivity index (χ0) is 20.5. The van der Waals surface area contributed by atoms with Crippen LogP contribution in [0, 0.1) is 25.3 Å². The Hall–Kier alpha value is -3.08. The van der Waals surface area contributed by atoms with Gasteiger partial charge in [0.15, 0.2) is 6.19 Å². The van der Waals surface area contributed by atoms with E-state index in [0.717, 1.165) is 26.9 Å². The second kappa shape index (κ2) is 7.74. The van der Waals surface area contributed by atoms with E-state index >= 15 is 0 Å². The maximum Gasteiger partial charge on any atom is 0.252 e. The molecule has 0 bridgehead atoms. The summed E-state index contributed by atoms with van der Waals surface area (Å²) in [7, 11) is 0. The Balaban J connectivity index is 1.73. The van der Waals surface area contributed by atoms with Gasteiger partial charge in [-0.2, -0.15) is 5.26 Å². The Labute approximate surface area is 177 Å². The summed E-state index contributed by atoms with van der Waals surface area (Å²) >= 11 is 7.79. The van der Waals surface area contributed by atoms with Crippen molar-refractivity contribution < 1.29 is 4.79 Å². The second-order valence-electron chi connectivity index (χ2n) is 6.55. The highest BCUT2D eigenvalue weighted by atomic mass is 35.5. The molecular formula is C21H16ClN5OS. The van der Waals surface area contributed by atoms with Gasteiger partial charge in [-0.25, -0.2) is 14.9 Å². The molecule has 4 rings (SSSR count). The van der Waals surface area contributed by atoms with Gasteiger partial charge in [-0.15, -0.1) is 0 Å². The van der Waals surface area contributed by atoms with Crippen molar-refractivity contribution in [3.63, 3.8) is 0 Å². The number of hydrogen-bond acceptors (Lipinski definition) is 6. The van der Waals surface area contributed by atoms with E-state index in [2.05, 4.69) is 9.97 Å². The van der Waals surface area contributed by atoms with Gasteiger partial charge in [-0.1, -0.05) is 35.5 Å². The molecule has 8 heteroatoms. The number of nitriles is 1. The number of carbonyl (C=O) groups is 1. The third-order valence-corrected chi connectivity index (χ3v) is 5.73. The third kappa shape index (κ3) is 3.77. The minimum atomic E-state index is -0.273. The quantitative estimate of drug-likeness (QED) is 0.444. The van der Waals surface area contributed by atoms with Crippen molar-refractivity contribution in [3.05, 3.63) is 64.9 Å². The molecular weight excluding hydrogens is 406 g/mol. The number of anilines is 3. The van der Waals surface area contributed by atoms with Crippen LogP contribution in [0.25, 0.3) is 0 Å². The molecule has 2 heterocycles. The van der Waals surface area contributed by atoms with Gasteiger partial charge in [-0.05, 0) is 50.2 Å². The summed E-state index contributed by atoms with van der Waals surface area (Å²) < 4.78 is 0. The molecule has 29 heavy (non-hydrogen) atoms. The maximum atomic E-state index is 13.4. The molecule has 0 unspecified atom stereocenters. The van der Waals surface area contributed by atoms with E-state index < -0.39 is 0 Å². The molecule has 0 N–H and O–H groups in total. The number of amides is 1. The van der Waals surface area contributed by atoms with Crippen LogP contribution in [-0.2, 0) is 4.79 Å². The Morgan fingerprint density at radius 3 is 2.52 bits per heavy atom. The number of fused-ring (bicyclic) bond motifs is 2. The third-order valence-electron chi connectivity index (χ3n) is 4.36. The van der Waals surface area contributed by atoms with Crippen molar-refractivity contribution in [1.82, 2.24) is 9.97 Å². The second-order valence-corrected chi connectivity index (χ2v) is 8.07. The highest BCUT2D eigenvalue weighted by molar-refractivity contribution is 7.99. The highest BCUT2D eigenvalue weighted by Crippen LogP contribution is 2.48. The fourth-order valence-corrected chi connectivity index (χ4v) is 4.39. The van der Waals surface area contributed by atoms with Crippen molar-refractivity contribution in [2.45, 2.75) is 23.6 Å². The molecule has 1 amide bonds. The number of aryl methyl sites for hydroxylation is 2.